The van der Waals surface area contributed by atoms with E-state index in [-0.39, 0.29) is 0 Å². The number of rotatable bonds is 1. The van der Waals surface area contributed by atoms with Gasteiger partial charge in [0.15, 0.2) is 5.15 Å². The molecule has 2 rings (SSSR count). The van der Waals surface area contributed by atoms with E-state index in [4.69, 9.17) is 11.6 Å². The lowest BCUT2D eigenvalue weighted by Crippen LogP contribution is -2.00. The van der Waals surface area contributed by atoms with Crippen LogP contribution >= 0.6 is 11.6 Å². The number of aromatic nitrogens is 3. The van der Waals surface area contributed by atoms with Gasteiger partial charge in [0.25, 0.3) is 0 Å². The van der Waals surface area contributed by atoms with Gasteiger partial charge in [-0.3, -0.25) is 0 Å². The monoisotopic (exact) mass is 183 g/mol. The lowest BCUT2D eigenvalue weighted by atomic mass is 10.1. The van der Waals surface area contributed by atoms with Gasteiger partial charge in [0.2, 0.25) is 0 Å². The van der Waals surface area contributed by atoms with E-state index in [9.17, 15) is 0 Å². The average molecular weight is 184 g/mol. The van der Waals surface area contributed by atoms with Gasteiger partial charge in [0.05, 0.1) is 0 Å². The molecule has 0 N–H and O–H groups in total. The molecule has 3 nitrogen and oxygen atoms in total. The number of halogens is 1. The van der Waals surface area contributed by atoms with Crippen LogP contribution in [0.1, 0.15) is 37.3 Å². The van der Waals surface area contributed by atoms with Gasteiger partial charge in [-0.1, -0.05) is 24.4 Å². The molecule has 1 saturated carbocycles. The lowest BCUT2D eigenvalue weighted by Gasteiger charge is -2.06. The molecule has 0 atom stereocenters. The first kappa shape index (κ1) is 7.92. The third kappa shape index (κ3) is 1.41. The summed E-state index contributed by atoms with van der Waals surface area (Å²) in [6.45, 7) is 0. The van der Waals surface area contributed by atoms with Crippen molar-refractivity contribution in [3.8, 4) is 0 Å². The minimum Gasteiger partial charge on any atom is -0.221 e. The smallest absolute Gasteiger partial charge is 0.154 e. The highest BCUT2D eigenvalue weighted by molar-refractivity contribution is 6.30. The largest absolute Gasteiger partial charge is 0.221 e. The van der Waals surface area contributed by atoms with Gasteiger partial charge in [-0.25, -0.2) is 4.98 Å². The molecular weight excluding hydrogens is 174 g/mol. The fraction of sp³-hybridized carbons (Fsp3) is 0.625. The summed E-state index contributed by atoms with van der Waals surface area (Å²) < 4.78 is 0. The zero-order valence-electron chi connectivity index (χ0n) is 6.70. The molecule has 0 saturated heterocycles. The van der Waals surface area contributed by atoms with Gasteiger partial charge < -0.3 is 0 Å². The van der Waals surface area contributed by atoms with Crippen LogP contribution in [0.25, 0.3) is 0 Å². The Kier molecular flexibility index (Phi) is 2.21. The first-order valence-corrected chi connectivity index (χ1v) is 4.59. The minimum absolute atomic E-state index is 0.499. The van der Waals surface area contributed by atoms with E-state index < -0.39 is 0 Å². The van der Waals surface area contributed by atoms with E-state index in [1.807, 2.05) is 0 Å². The van der Waals surface area contributed by atoms with Crippen LogP contribution in [0.5, 0.6) is 0 Å². The fourth-order valence-corrected chi connectivity index (χ4v) is 1.96. The van der Waals surface area contributed by atoms with Crippen molar-refractivity contribution in [3.63, 3.8) is 0 Å². The van der Waals surface area contributed by atoms with Crippen molar-refractivity contribution >= 4 is 11.6 Å². The van der Waals surface area contributed by atoms with Crippen LogP contribution in [-0.2, 0) is 0 Å². The van der Waals surface area contributed by atoms with E-state index in [0.29, 0.717) is 11.1 Å². The Balaban J connectivity index is 2.26. The second-order valence-electron chi connectivity index (χ2n) is 3.12. The molecule has 0 aliphatic heterocycles. The fourth-order valence-electron chi connectivity index (χ4n) is 1.72. The maximum Gasteiger partial charge on any atom is 0.154 e. The van der Waals surface area contributed by atoms with Gasteiger partial charge in [0.1, 0.15) is 12.0 Å². The average Bonchev–Trinajstić information content (AvgIpc) is 2.57. The maximum atomic E-state index is 5.89. The molecule has 12 heavy (non-hydrogen) atoms. The molecule has 0 bridgehead atoms. The highest BCUT2D eigenvalue weighted by Crippen LogP contribution is 2.34. The third-order valence-corrected chi connectivity index (χ3v) is 2.63. The Morgan fingerprint density at radius 2 is 2.08 bits per heavy atom. The first-order valence-electron chi connectivity index (χ1n) is 4.21. The third-order valence-electron chi connectivity index (χ3n) is 2.34. The SMILES string of the molecule is Clc1ncnnc1C1CCCC1. The predicted molar refractivity (Wildman–Crippen MR) is 46.0 cm³/mol. The summed E-state index contributed by atoms with van der Waals surface area (Å²) in [4.78, 5) is 3.92. The van der Waals surface area contributed by atoms with Crippen LogP contribution in [0, 0.1) is 0 Å². The predicted octanol–water partition coefficient (Wildman–Crippen LogP) is 2.18. The molecular formula is C8H10ClN3. The van der Waals surface area contributed by atoms with Gasteiger partial charge in [0, 0.05) is 5.92 Å². The van der Waals surface area contributed by atoms with E-state index in [2.05, 4.69) is 15.2 Å². The normalized spacial score (nSPS) is 18.4. The Labute approximate surface area is 76.2 Å². The first-order chi connectivity index (χ1) is 5.88. The summed E-state index contributed by atoms with van der Waals surface area (Å²) >= 11 is 5.89. The van der Waals surface area contributed by atoms with Crippen LogP contribution < -0.4 is 0 Å². The van der Waals surface area contributed by atoms with Crippen molar-refractivity contribution in [2.45, 2.75) is 31.6 Å². The zero-order valence-corrected chi connectivity index (χ0v) is 7.46. The summed E-state index contributed by atoms with van der Waals surface area (Å²) in [7, 11) is 0. The van der Waals surface area contributed by atoms with Crippen molar-refractivity contribution in [3.05, 3.63) is 17.2 Å². The Morgan fingerprint density at radius 1 is 1.33 bits per heavy atom. The Morgan fingerprint density at radius 3 is 2.75 bits per heavy atom. The standard InChI is InChI=1S/C8H10ClN3/c9-8-7(12-11-5-10-8)6-3-1-2-4-6/h5-6H,1-4H2. The van der Waals surface area contributed by atoms with Crippen molar-refractivity contribution in [1.29, 1.82) is 0 Å². The second kappa shape index (κ2) is 3.35. The molecule has 1 aliphatic rings. The molecule has 1 aromatic rings. The molecule has 1 heterocycles. The summed E-state index contributed by atoms with van der Waals surface area (Å²) in [6.07, 6.45) is 6.30. The molecule has 64 valence electrons. The summed E-state index contributed by atoms with van der Waals surface area (Å²) in [5.41, 5.74) is 0.886. The molecule has 0 amide bonds. The summed E-state index contributed by atoms with van der Waals surface area (Å²) in [5.74, 6) is 0.499. The van der Waals surface area contributed by atoms with Crippen LogP contribution in [0.4, 0.5) is 0 Å². The number of hydrogen-bond acceptors (Lipinski definition) is 3. The van der Waals surface area contributed by atoms with Gasteiger partial charge in [-0.15, -0.1) is 5.10 Å². The van der Waals surface area contributed by atoms with Crippen molar-refractivity contribution in [2.24, 2.45) is 0 Å². The molecule has 4 heteroatoms. The second-order valence-corrected chi connectivity index (χ2v) is 3.48. The molecule has 1 fully saturated rings. The maximum absolute atomic E-state index is 5.89. The van der Waals surface area contributed by atoms with E-state index >= 15 is 0 Å². The van der Waals surface area contributed by atoms with Crippen molar-refractivity contribution in [1.82, 2.24) is 15.2 Å². The Bertz CT molecular complexity index is 271. The number of nitrogens with zero attached hydrogens (tertiary/aromatic N) is 3. The van der Waals surface area contributed by atoms with Crippen LogP contribution in [0.3, 0.4) is 0 Å². The molecule has 0 aromatic carbocycles. The molecule has 0 spiro atoms. The number of hydrogen-bond donors (Lipinski definition) is 0. The minimum atomic E-state index is 0.499. The van der Waals surface area contributed by atoms with Crippen molar-refractivity contribution in [2.75, 3.05) is 0 Å². The lowest BCUT2D eigenvalue weighted by molar-refractivity contribution is 0.672. The van der Waals surface area contributed by atoms with E-state index in [0.717, 1.165) is 5.69 Å². The summed E-state index contributed by atoms with van der Waals surface area (Å²) in [5, 5.41) is 8.29. The van der Waals surface area contributed by atoms with Gasteiger partial charge in [-0.05, 0) is 12.8 Å². The molecule has 0 radical (unpaired) electrons. The highest BCUT2D eigenvalue weighted by atomic mass is 35.5. The molecule has 1 aliphatic carbocycles. The quantitative estimate of drug-likeness (QED) is 0.670. The van der Waals surface area contributed by atoms with Crippen LogP contribution in [-0.4, -0.2) is 15.2 Å². The molecule has 0 unspecified atom stereocenters. The van der Waals surface area contributed by atoms with E-state index in [1.165, 1.54) is 32.0 Å². The van der Waals surface area contributed by atoms with Gasteiger partial charge >= 0.3 is 0 Å². The topological polar surface area (TPSA) is 38.7 Å². The van der Waals surface area contributed by atoms with Crippen molar-refractivity contribution < 1.29 is 0 Å². The van der Waals surface area contributed by atoms with E-state index in [1.54, 1.807) is 0 Å². The molecule has 1 aromatic heterocycles. The Hall–Kier alpha value is -0.700. The van der Waals surface area contributed by atoms with Crippen LogP contribution in [0.15, 0.2) is 6.33 Å². The highest BCUT2D eigenvalue weighted by Gasteiger charge is 2.21. The van der Waals surface area contributed by atoms with Crippen LogP contribution in [0.2, 0.25) is 5.15 Å². The van der Waals surface area contributed by atoms with Gasteiger partial charge in [-0.2, -0.15) is 5.10 Å². The summed E-state index contributed by atoms with van der Waals surface area (Å²) in [6, 6.07) is 0. The zero-order chi connectivity index (χ0) is 8.39.